The molecule has 116 valence electrons. The van der Waals surface area contributed by atoms with Crippen LogP contribution in [-0.2, 0) is 5.41 Å². The number of carbonyl (C=O) groups is 1. The predicted octanol–water partition coefficient (Wildman–Crippen LogP) is 1.28. The average Bonchev–Trinajstić information content (AvgIpc) is 3.07. The van der Waals surface area contributed by atoms with Gasteiger partial charge in [-0.3, -0.25) is 4.79 Å². The first-order valence-corrected chi connectivity index (χ1v) is 7.10. The number of ether oxygens (including phenoxy) is 2. The Balaban J connectivity index is 1.71. The summed E-state index contributed by atoms with van der Waals surface area (Å²) in [7, 11) is 0. The lowest BCUT2D eigenvalue weighted by molar-refractivity contribution is 0.0940. The van der Waals surface area contributed by atoms with Gasteiger partial charge in [0, 0.05) is 12.0 Å². The van der Waals surface area contributed by atoms with E-state index in [1.807, 2.05) is 18.2 Å². The van der Waals surface area contributed by atoms with E-state index < -0.39 is 0 Å². The minimum Gasteiger partial charge on any atom is -0.486 e. The molecule has 1 aromatic heterocycles. The van der Waals surface area contributed by atoms with Gasteiger partial charge in [-0.2, -0.15) is 15.4 Å². The molecule has 3 rings (SSSR count). The molecular weight excluding hydrogens is 284 g/mol. The monoisotopic (exact) mass is 302 g/mol. The van der Waals surface area contributed by atoms with Gasteiger partial charge in [-0.15, -0.1) is 0 Å². The van der Waals surface area contributed by atoms with E-state index in [1.54, 1.807) is 0 Å². The third kappa shape index (κ3) is 2.88. The lowest BCUT2D eigenvalue weighted by atomic mass is 9.84. The van der Waals surface area contributed by atoms with Gasteiger partial charge in [0.1, 0.15) is 13.2 Å². The SMILES string of the molecule is CC(C)(CNC(=O)c1cn[nH]n1)c1ccc2c(c1)OCCO2. The van der Waals surface area contributed by atoms with Crippen molar-refractivity contribution in [2.24, 2.45) is 0 Å². The number of amides is 1. The Hall–Kier alpha value is -2.57. The lowest BCUT2D eigenvalue weighted by Gasteiger charge is -2.27. The van der Waals surface area contributed by atoms with Crippen molar-refractivity contribution in [3.8, 4) is 11.5 Å². The molecule has 0 atom stereocenters. The van der Waals surface area contributed by atoms with E-state index in [0.29, 0.717) is 19.8 Å². The molecular formula is C15H18N4O3. The second kappa shape index (κ2) is 5.67. The van der Waals surface area contributed by atoms with Gasteiger partial charge in [-0.1, -0.05) is 19.9 Å². The summed E-state index contributed by atoms with van der Waals surface area (Å²) in [4.78, 5) is 11.9. The summed E-state index contributed by atoms with van der Waals surface area (Å²) in [6, 6.07) is 5.87. The first kappa shape index (κ1) is 14.4. The van der Waals surface area contributed by atoms with E-state index in [0.717, 1.165) is 17.1 Å². The zero-order valence-corrected chi connectivity index (χ0v) is 12.5. The molecule has 22 heavy (non-hydrogen) atoms. The van der Waals surface area contributed by atoms with Gasteiger partial charge in [-0.05, 0) is 17.7 Å². The molecule has 0 fully saturated rings. The van der Waals surface area contributed by atoms with Gasteiger partial charge < -0.3 is 14.8 Å². The van der Waals surface area contributed by atoms with Crippen molar-refractivity contribution < 1.29 is 14.3 Å². The number of nitrogens with one attached hydrogen (secondary N) is 2. The molecule has 7 heteroatoms. The fraction of sp³-hybridized carbons (Fsp3) is 0.400. The maximum absolute atomic E-state index is 11.9. The second-order valence-corrected chi connectivity index (χ2v) is 5.78. The highest BCUT2D eigenvalue weighted by atomic mass is 16.6. The summed E-state index contributed by atoms with van der Waals surface area (Å²) in [5, 5.41) is 12.7. The summed E-state index contributed by atoms with van der Waals surface area (Å²) in [5.74, 6) is 1.26. The van der Waals surface area contributed by atoms with Crippen LogP contribution >= 0.6 is 0 Å². The third-order valence-electron chi connectivity index (χ3n) is 3.66. The number of nitrogens with zero attached hydrogens (tertiary/aromatic N) is 2. The van der Waals surface area contributed by atoms with E-state index in [-0.39, 0.29) is 17.0 Å². The van der Waals surface area contributed by atoms with Gasteiger partial charge in [-0.25, -0.2) is 0 Å². The molecule has 0 saturated heterocycles. The molecule has 7 nitrogen and oxygen atoms in total. The number of rotatable bonds is 4. The minimum atomic E-state index is -0.255. The van der Waals surface area contributed by atoms with Gasteiger partial charge in [0.05, 0.1) is 6.20 Å². The zero-order chi connectivity index (χ0) is 15.6. The predicted molar refractivity (Wildman–Crippen MR) is 79.2 cm³/mol. The summed E-state index contributed by atoms with van der Waals surface area (Å²) >= 11 is 0. The molecule has 1 amide bonds. The van der Waals surface area contributed by atoms with E-state index in [4.69, 9.17) is 9.47 Å². The summed E-state index contributed by atoms with van der Waals surface area (Å²) < 4.78 is 11.1. The quantitative estimate of drug-likeness (QED) is 0.888. The Morgan fingerprint density at radius 3 is 2.82 bits per heavy atom. The van der Waals surface area contributed by atoms with Crippen LogP contribution in [0.4, 0.5) is 0 Å². The van der Waals surface area contributed by atoms with Gasteiger partial charge >= 0.3 is 0 Å². The molecule has 1 aliphatic heterocycles. The topological polar surface area (TPSA) is 89.1 Å². The number of carbonyl (C=O) groups excluding carboxylic acids is 1. The van der Waals surface area contributed by atoms with Gasteiger partial charge in [0.2, 0.25) is 0 Å². The number of H-pyrrole nitrogens is 1. The average molecular weight is 302 g/mol. The summed E-state index contributed by atoms with van der Waals surface area (Å²) in [6.45, 7) is 5.71. The van der Waals surface area contributed by atoms with Crippen molar-refractivity contribution in [2.75, 3.05) is 19.8 Å². The van der Waals surface area contributed by atoms with E-state index in [9.17, 15) is 4.79 Å². The molecule has 1 aliphatic rings. The molecule has 2 N–H and O–H groups in total. The number of hydrogen-bond acceptors (Lipinski definition) is 5. The number of hydrogen-bond donors (Lipinski definition) is 2. The highest BCUT2D eigenvalue weighted by Crippen LogP contribution is 2.34. The molecule has 0 unspecified atom stereocenters. The van der Waals surface area contributed by atoms with Crippen molar-refractivity contribution in [1.29, 1.82) is 0 Å². The number of aromatic amines is 1. The molecule has 0 bridgehead atoms. The number of aromatic nitrogens is 3. The molecule has 0 spiro atoms. The van der Waals surface area contributed by atoms with Gasteiger partial charge in [0.25, 0.3) is 5.91 Å². The normalized spacial score (nSPS) is 13.7. The van der Waals surface area contributed by atoms with Crippen molar-refractivity contribution in [2.45, 2.75) is 19.3 Å². The number of fused-ring (bicyclic) bond motifs is 1. The maximum atomic E-state index is 11.9. The van der Waals surface area contributed by atoms with Crippen LogP contribution in [0.2, 0.25) is 0 Å². The smallest absolute Gasteiger partial charge is 0.273 e. The molecule has 0 radical (unpaired) electrons. The van der Waals surface area contributed by atoms with Crippen LogP contribution in [0, 0.1) is 0 Å². The Kier molecular flexibility index (Phi) is 3.70. The van der Waals surface area contributed by atoms with Crippen LogP contribution in [0.15, 0.2) is 24.4 Å². The summed E-state index contributed by atoms with van der Waals surface area (Å²) in [5.41, 5.74) is 1.09. The highest BCUT2D eigenvalue weighted by Gasteiger charge is 2.24. The van der Waals surface area contributed by atoms with Crippen molar-refractivity contribution in [1.82, 2.24) is 20.7 Å². The highest BCUT2D eigenvalue weighted by molar-refractivity contribution is 5.91. The van der Waals surface area contributed by atoms with Crippen LogP contribution in [-0.4, -0.2) is 41.1 Å². The summed E-state index contributed by atoms with van der Waals surface area (Å²) in [6.07, 6.45) is 1.40. The minimum absolute atomic E-state index is 0.251. The fourth-order valence-corrected chi connectivity index (χ4v) is 2.27. The van der Waals surface area contributed by atoms with Crippen LogP contribution in [0.5, 0.6) is 11.5 Å². The molecule has 1 aromatic carbocycles. The standard InChI is InChI=1S/C15H18N4O3/c1-15(2,9-16-14(20)11-8-17-19-18-11)10-3-4-12-13(7-10)22-6-5-21-12/h3-4,7-8H,5-6,9H2,1-2H3,(H,16,20)(H,17,18,19). The lowest BCUT2D eigenvalue weighted by Crippen LogP contribution is -2.37. The van der Waals surface area contributed by atoms with Crippen LogP contribution < -0.4 is 14.8 Å². The molecule has 0 aliphatic carbocycles. The Morgan fingerprint density at radius 2 is 2.09 bits per heavy atom. The zero-order valence-electron chi connectivity index (χ0n) is 12.5. The Morgan fingerprint density at radius 1 is 1.32 bits per heavy atom. The molecule has 0 saturated carbocycles. The molecule has 2 heterocycles. The van der Waals surface area contributed by atoms with E-state index in [1.165, 1.54) is 6.20 Å². The third-order valence-corrected chi connectivity index (χ3v) is 3.66. The Bertz CT molecular complexity index is 667. The van der Waals surface area contributed by atoms with Crippen molar-refractivity contribution >= 4 is 5.91 Å². The van der Waals surface area contributed by atoms with Crippen LogP contribution in [0.25, 0.3) is 0 Å². The second-order valence-electron chi connectivity index (χ2n) is 5.78. The fourth-order valence-electron chi connectivity index (χ4n) is 2.27. The Labute approximate surface area is 128 Å². The largest absolute Gasteiger partial charge is 0.486 e. The maximum Gasteiger partial charge on any atom is 0.273 e. The van der Waals surface area contributed by atoms with E-state index in [2.05, 4.69) is 34.6 Å². The van der Waals surface area contributed by atoms with Crippen LogP contribution in [0.3, 0.4) is 0 Å². The van der Waals surface area contributed by atoms with Crippen molar-refractivity contribution in [3.63, 3.8) is 0 Å². The number of benzene rings is 1. The first-order chi connectivity index (χ1) is 10.6. The first-order valence-electron chi connectivity index (χ1n) is 7.10. The van der Waals surface area contributed by atoms with Crippen LogP contribution in [0.1, 0.15) is 29.9 Å². The molecule has 2 aromatic rings. The van der Waals surface area contributed by atoms with E-state index >= 15 is 0 Å². The van der Waals surface area contributed by atoms with Gasteiger partial charge in [0.15, 0.2) is 17.2 Å². The van der Waals surface area contributed by atoms with Crippen molar-refractivity contribution in [3.05, 3.63) is 35.7 Å².